The third-order valence-electron chi connectivity index (χ3n) is 7.11. The van der Waals surface area contributed by atoms with E-state index in [1.54, 1.807) is 23.2 Å². The van der Waals surface area contributed by atoms with Gasteiger partial charge in [0.1, 0.15) is 18.0 Å². The normalized spacial score (nSPS) is 38.3. The van der Waals surface area contributed by atoms with E-state index in [9.17, 15) is 15.2 Å². The van der Waals surface area contributed by atoms with E-state index in [1.165, 1.54) is 0 Å². The molecule has 4 bridgehead atoms. The van der Waals surface area contributed by atoms with Crippen molar-refractivity contribution in [1.29, 1.82) is 5.26 Å². The Morgan fingerprint density at radius 1 is 1.36 bits per heavy atom. The topological polar surface area (TPSA) is 98.5 Å². The highest BCUT2D eigenvalue weighted by Gasteiger charge is 2.56. The van der Waals surface area contributed by atoms with Gasteiger partial charge in [0.2, 0.25) is 0 Å². The van der Waals surface area contributed by atoms with Gasteiger partial charge in [-0.05, 0) is 68.4 Å². The number of nitrogens with zero attached hydrogens (tertiary/aromatic N) is 3. The summed E-state index contributed by atoms with van der Waals surface area (Å²) in [6.07, 6.45) is 6.82. The molecule has 1 aromatic heterocycles. The average Bonchev–Trinajstić information content (AvgIpc) is 3.12. The molecule has 6 atom stereocenters. The van der Waals surface area contributed by atoms with Gasteiger partial charge in [0.15, 0.2) is 0 Å². The molecule has 4 unspecified atom stereocenters. The van der Waals surface area contributed by atoms with Crippen LogP contribution in [0.25, 0.3) is 0 Å². The van der Waals surface area contributed by atoms with Crippen molar-refractivity contribution in [2.45, 2.75) is 56.3 Å². The van der Waals surface area contributed by atoms with Crippen molar-refractivity contribution in [2.24, 2.45) is 17.8 Å². The van der Waals surface area contributed by atoms with Crippen LogP contribution in [0.5, 0.6) is 0 Å². The van der Waals surface area contributed by atoms with Crippen LogP contribution in [-0.2, 0) is 4.74 Å². The zero-order chi connectivity index (χ0) is 19.3. The number of rotatable bonds is 3. The van der Waals surface area contributed by atoms with Crippen molar-refractivity contribution >= 4 is 11.9 Å². The lowest BCUT2D eigenvalue weighted by Gasteiger charge is -2.57. The minimum absolute atomic E-state index is 0.0442. The molecule has 0 spiro atoms. The van der Waals surface area contributed by atoms with Gasteiger partial charge in [0.05, 0.1) is 11.2 Å². The molecule has 5 aliphatic rings. The molecular weight excluding hydrogens is 356 g/mol. The Bertz CT molecular complexity index is 806. The van der Waals surface area contributed by atoms with E-state index in [0.717, 1.165) is 38.5 Å². The van der Waals surface area contributed by atoms with Crippen molar-refractivity contribution in [3.8, 4) is 6.07 Å². The molecule has 7 heteroatoms. The molecule has 0 radical (unpaired) electrons. The van der Waals surface area contributed by atoms with Gasteiger partial charge in [-0.15, -0.1) is 0 Å². The number of carbonyl (C=O) groups is 1. The number of pyridine rings is 1. The number of likely N-dealkylation sites (tertiary alicyclic amines) is 1. The summed E-state index contributed by atoms with van der Waals surface area (Å²) in [7, 11) is 0. The second kappa shape index (κ2) is 6.63. The van der Waals surface area contributed by atoms with E-state index in [-0.39, 0.29) is 18.2 Å². The summed E-state index contributed by atoms with van der Waals surface area (Å²) in [5, 5.41) is 23.2. The first kappa shape index (κ1) is 17.7. The second-order valence-electron chi connectivity index (χ2n) is 9.13. The lowest BCUT2D eigenvalue weighted by molar-refractivity contribution is -0.177. The monoisotopic (exact) mass is 382 g/mol. The first-order valence-corrected chi connectivity index (χ1v) is 10.3. The van der Waals surface area contributed by atoms with Gasteiger partial charge in [-0.25, -0.2) is 9.78 Å². The van der Waals surface area contributed by atoms with Crippen molar-refractivity contribution < 1.29 is 14.6 Å². The summed E-state index contributed by atoms with van der Waals surface area (Å²) in [4.78, 5) is 18.8. The van der Waals surface area contributed by atoms with Gasteiger partial charge in [0, 0.05) is 25.3 Å². The summed E-state index contributed by atoms with van der Waals surface area (Å²) in [5.41, 5.74) is -0.00140. The van der Waals surface area contributed by atoms with E-state index in [2.05, 4.69) is 16.4 Å². The summed E-state index contributed by atoms with van der Waals surface area (Å²) in [6, 6.07) is 5.68. The number of hydrogen-bond acceptors (Lipinski definition) is 6. The fourth-order valence-electron chi connectivity index (χ4n) is 6.17. The van der Waals surface area contributed by atoms with Gasteiger partial charge in [-0.3, -0.25) is 0 Å². The second-order valence-corrected chi connectivity index (χ2v) is 9.13. The Morgan fingerprint density at radius 3 is 2.86 bits per heavy atom. The first-order chi connectivity index (χ1) is 13.5. The Kier molecular flexibility index (Phi) is 4.20. The van der Waals surface area contributed by atoms with Crippen LogP contribution in [0.1, 0.15) is 44.1 Å². The molecule has 1 amide bonds. The molecule has 4 aliphatic carbocycles. The van der Waals surface area contributed by atoms with Crippen molar-refractivity contribution in [3.05, 3.63) is 23.9 Å². The molecule has 0 aromatic carbocycles. The largest absolute Gasteiger partial charge is 0.446 e. The Labute approximate surface area is 164 Å². The van der Waals surface area contributed by atoms with E-state index >= 15 is 0 Å². The maximum Gasteiger partial charge on any atom is 0.410 e. The predicted octanol–water partition coefficient (Wildman–Crippen LogP) is 2.52. The number of anilines is 1. The Hall–Kier alpha value is -2.33. The maximum absolute atomic E-state index is 12.8. The number of amides is 1. The fourth-order valence-corrected chi connectivity index (χ4v) is 6.17. The smallest absolute Gasteiger partial charge is 0.410 e. The Morgan fingerprint density at radius 2 is 2.14 bits per heavy atom. The number of aliphatic hydroxyl groups is 1. The highest BCUT2D eigenvalue weighted by molar-refractivity contribution is 5.68. The molecule has 148 valence electrons. The molecule has 7 nitrogen and oxygen atoms in total. The van der Waals surface area contributed by atoms with Gasteiger partial charge in [0.25, 0.3) is 0 Å². The number of nitriles is 1. The minimum Gasteiger partial charge on any atom is -0.446 e. The van der Waals surface area contributed by atoms with Gasteiger partial charge in [-0.2, -0.15) is 5.26 Å². The molecular formula is C21H26N4O3. The number of aromatic nitrogens is 1. The van der Waals surface area contributed by atoms with Gasteiger partial charge in [-0.1, -0.05) is 0 Å². The number of nitrogens with one attached hydrogen (secondary N) is 1. The van der Waals surface area contributed by atoms with Crippen LogP contribution in [0, 0.1) is 29.1 Å². The Balaban J connectivity index is 1.19. The number of hydrogen-bond donors (Lipinski definition) is 2. The van der Waals surface area contributed by atoms with Crippen molar-refractivity contribution in [1.82, 2.24) is 9.88 Å². The first-order valence-electron chi connectivity index (χ1n) is 10.3. The van der Waals surface area contributed by atoms with E-state index in [0.29, 0.717) is 42.2 Å². The van der Waals surface area contributed by atoms with Crippen LogP contribution in [0.2, 0.25) is 0 Å². The molecule has 6 rings (SSSR count). The van der Waals surface area contributed by atoms with Gasteiger partial charge < -0.3 is 20.1 Å². The van der Waals surface area contributed by atoms with E-state index < -0.39 is 5.60 Å². The molecule has 5 fully saturated rings. The molecule has 2 heterocycles. The average molecular weight is 382 g/mol. The third kappa shape index (κ3) is 3.10. The number of ether oxygens (including phenoxy) is 1. The summed E-state index contributed by atoms with van der Waals surface area (Å²) >= 11 is 0. The minimum atomic E-state index is -0.511. The lowest BCUT2D eigenvalue weighted by Crippen LogP contribution is -2.58. The number of carbonyl (C=O) groups excluding carboxylic acids is 1. The molecule has 2 N–H and O–H groups in total. The maximum atomic E-state index is 12.8. The third-order valence-corrected chi connectivity index (χ3v) is 7.11. The van der Waals surface area contributed by atoms with Crippen molar-refractivity contribution in [2.75, 3.05) is 18.4 Å². The van der Waals surface area contributed by atoms with Crippen molar-refractivity contribution in [3.63, 3.8) is 0 Å². The van der Waals surface area contributed by atoms with Crippen LogP contribution >= 0.6 is 0 Å². The van der Waals surface area contributed by atoms with Gasteiger partial charge >= 0.3 is 6.09 Å². The van der Waals surface area contributed by atoms with Crippen LogP contribution in [0.4, 0.5) is 10.6 Å². The zero-order valence-electron chi connectivity index (χ0n) is 15.9. The lowest BCUT2D eigenvalue weighted by atomic mass is 9.53. The van der Waals surface area contributed by atoms with Crippen LogP contribution < -0.4 is 5.32 Å². The molecule has 4 saturated carbocycles. The summed E-state index contributed by atoms with van der Waals surface area (Å²) in [6.45, 7) is 1.19. The van der Waals surface area contributed by atoms with E-state index in [1.807, 2.05) is 0 Å². The predicted molar refractivity (Wildman–Crippen MR) is 101 cm³/mol. The molecule has 1 aliphatic heterocycles. The SMILES string of the molecule is N#Cc1cccnc1N[C@@H]1CCN(C(=O)OC2C3CC4C[C@H]2CC(O)(C4)C3)C1. The summed E-state index contributed by atoms with van der Waals surface area (Å²) < 4.78 is 5.98. The van der Waals surface area contributed by atoms with Crippen LogP contribution in [0.15, 0.2) is 18.3 Å². The zero-order valence-corrected chi connectivity index (χ0v) is 15.9. The molecule has 1 aromatic rings. The fraction of sp³-hybridized carbons (Fsp3) is 0.667. The highest BCUT2D eigenvalue weighted by atomic mass is 16.6. The van der Waals surface area contributed by atoms with Crippen LogP contribution in [0.3, 0.4) is 0 Å². The molecule has 1 saturated heterocycles. The molecule has 28 heavy (non-hydrogen) atoms. The van der Waals surface area contributed by atoms with Crippen LogP contribution in [-0.4, -0.2) is 51.9 Å². The summed E-state index contributed by atoms with van der Waals surface area (Å²) in [5.74, 6) is 1.79. The highest BCUT2D eigenvalue weighted by Crippen LogP contribution is 2.56. The van der Waals surface area contributed by atoms with E-state index in [4.69, 9.17) is 4.74 Å². The quantitative estimate of drug-likeness (QED) is 0.833. The standard InChI is InChI=1S/C21H26N4O3/c22-11-14-2-1-4-23-19(14)24-17-3-5-25(12-17)20(26)28-18-15-6-13-7-16(18)10-21(27,8-13)9-15/h1-2,4,13,15-18,27H,3,5-10,12H2,(H,23,24)/t13?,15-,16?,17+,18?,21?/m0/s1.